The smallest absolute Gasteiger partial charge is 0.436 e. The van der Waals surface area contributed by atoms with Gasteiger partial charge in [-0.2, -0.15) is 18.3 Å². The van der Waals surface area contributed by atoms with Crippen LogP contribution in [-0.2, 0) is 6.18 Å². The van der Waals surface area contributed by atoms with Crippen LogP contribution in [0.15, 0.2) is 10.9 Å². The lowest BCUT2D eigenvalue weighted by Crippen LogP contribution is -2.14. The lowest BCUT2D eigenvalue weighted by atomic mass is 10.4. The summed E-state index contributed by atoms with van der Waals surface area (Å²) in [6.45, 7) is 0. The van der Waals surface area contributed by atoms with Crippen molar-refractivity contribution in [2.45, 2.75) is 6.18 Å². The Bertz CT molecular complexity index is 523. The molecule has 0 aromatic carbocycles. The van der Waals surface area contributed by atoms with E-state index in [-0.39, 0.29) is 5.65 Å². The third-order valence-electron chi connectivity index (χ3n) is 1.63. The lowest BCUT2D eigenvalue weighted by Gasteiger charge is -2.09. The summed E-state index contributed by atoms with van der Waals surface area (Å²) in [5, 5.41) is 12.6. The predicted octanol–water partition coefficient (Wildman–Crippen LogP) is 1.61. The number of hydrogen-bond donors (Lipinski definition) is 1. The average molecular weight is 283 g/mol. The van der Waals surface area contributed by atoms with Crippen molar-refractivity contribution in [1.82, 2.24) is 19.6 Å². The highest BCUT2D eigenvalue weighted by Gasteiger charge is 2.38. The quantitative estimate of drug-likeness (QED) is 0.797. The van der Waals surface area contributed by atoms with Crippen molar-refractivity contribution in [2.24, 2.45) is 0 Å². The molecule has 0 saturated carbocycles. The van der Waals surface area contributed by atoms with Gasteiger partial charge in [-0.1, -0.05) is 0 Å². The standard InChI is InChI=1S/C6H2BrF3N4O/c7-3-2(6(8,9)10)14-4(5(15)13-3)11-1-12-14/h1H,(H,13,15). The molecule has 0 spiro atoms. The van der Waals surface area contributed by atoms with E-state index in [0.29, 0.717) is 4.52 Å². The van der Waals surface area contributed by atoms with Gasteiger partial charge in [-0.25, -0.2) is 14.5 Å². The van der Waals surface area contributed by atoms with Crippen molar-refractivity contribution in [2.75, 3.05) is 0 Å². The third kappa shape index (κ3) is 1.52. The summed E-state index contributed by atoms with van der Waals surface area (Å²) >= 11 is 2.61. The summed E-state index contributed by atoms with van der Waals surface area (Å²) < 4.78 is 37.6. The minimum Gasteiger partial charge on any atom is -0.491 e. The molecule has 0 fully saturated rings. The second kappa shape index (κ2) is 3.05. The minimum atomic E-state index is -4.63. The number of rotatable bonds is 0. The lowest BCUT2D eigenvalue weighted by molar-refractivity contribution is -0.143. The summed E-state index contributed by atoms with van der Waals surface area (Å²) in [6.07, 6.45) is -3.73. The number of hydrogen-bond acceptors (Lipinski definition) is 4. The van der Waals surface area contributed by atoms with Gasteiger partial charge in [0, 0.05) is 0 Å². The van der Waals surface area contributed by atoms with E-state index >= 15 is 0 Å². The van der Waals surface area contributed by atoms with Crippen molar-refractivity contribution in [3.05, 3.63) is 16.6 Å². The van der Waals surface area contributed by atoms with Crippen molar-refractivity contribution in [3.8, 4) is 5.88 Å². The number of halogens is 4. The molecule has 2 heterocycles. The second-order valence-electron chi connectivity index (χ2n) is 2.57. The van der Waals surface area contributed by atoms with E-state index in [2.05, 4.69) is 31.0 Å². The van der Waals surface area contributed by atoms with Gasteiger partial charge >= 0.3 is 6.18 Å². The molecule has 80 valence electrons. The van der Waals surface area contributed by atoms with Gasteiger partial charge in [-0.05, 0) is 15.9 Å². The van der Waals surface area contributed by atoms with E-state index in [4.69, 9.17) is 0 Å². The first-order valence-corrected chi connectivity index (χ1v) is 4.36. The van der Waals surface area contributed by atoms with E-state index in [1.54, 1.807) is 0 Å². The van der Waals surface area contributed by atoms with Crippen LogP contribution in [-0.4, -0.2) is 24.7 Å². The highest BCUT2D eigenvalue weighted by atomic mass is 79.9. The summed E-state index contributed by atoms with van der Waals surface area (Å²) in [5.74, 6) is -0.618. The van der Waals surface area contributed by atoms with Crippen molar-refractivity contribution in [3.63, 3.8) is 0 Å². The van der Waals surface area contributed by atoms with Crippen LogP contribution in [0.2, 0.25) is 0 Å². The predicted molar refractivity (Wildman–Crippen MR) is 45.1 cm³/mol. The van der Waals surface area contributed by atoms with E-state index in [1.807, 2.05) is 0 Å². The molecule has 0 amide bonds. The number of alkyl halides is 3. The Morgan fingerprint density at radius 2 is 2.07 bits per heavy atom. The Hall–Kier alpha value is -1.38. The SMILES string of the molecule is Oc1nc(Br)c(C(F)(F)F)n2ncnc12. The van der Waals surface area contributed by atoms with Gasteiger partial charge in [-0.15, -0.1) is 0 Å². The first kappa shape index (κ1) is 10.1. The summed E-state index contributed by atoms with van der Waals surface area (Å²) in [7, 11) is 0. The number of fused-ring (bicyclic) bond motifs is 1. The maximum atomic E-state index is 12.5. The minimum absolute atomic E-state index is 0.342. The summed E-state index contributed by atoms with van der Waals surface area (Å²) in [5.41, 5.74) is -1.46. The van der Waals surface area contributed by atoms with E-state index < -0.39 is 22.4 Å². The molecule has 0 saturated heterocycles. The molecule has 15 heavy (non-hydrogen) atoms. The molecule has 0 aliphatic carbocycles. The van der Waals surface area contributed by atoms with Crippen LogP contribution in [0.1, 0.15) is 5.69 Å². The van der Waals surface area contributed by atoms with Gasteiger partial charge in [0.2, 0.25) is 5.65 Å². The van der Waals surface area contributed by atoms with Gasteiger partial charge in [0.05, 0.1) is 0 Å². The van der Waals surface area contributed by atoms with Gasteiger partial charge < -0.3 is 5.11 Å². The Labute approximate surface area is 88.7 Å². The van der Waals surface area contributed by atoms with Gasteiger partial charge in [0.1, 0.15) is 10.9 Å². The maximum Gasteiger partial charge on any atom is 0.436 e. The van der Waals surface area contributed by atoms with Crippen molar-refractivity contribution < 1.29 is 18.3 Å². The zero-order valence-electron chi connectivity index (χ0n) is 6.83. The van der Waals surface area contributed by atoms with Crippen LogP contribution in [0.25, 0.3) is 5.65 Å². The van der Waals surface area contributed by atoms with E-state index in [1.165, 1.54) is 0 Å². The molecule has 2 aromatic rings. The molecule has 2 aromatic heterocycles. The number of aromatic nitrogens is 4. The highest BCUT2D eigenvalue weighted by molar-refractivity contribution is 9.10. The van der Waals surface area contributed by atoms with Gasteiger partial charge in [0.15, 0.2) is 5.69 Å². The van der Waals surface area contributed by atoms with Crippen LogP contribution in [0.3, 0.4) is 0 Å². The zero-order chi connectivity index (χ0) is 11.2. The first-order chi connectivity index (χ1) is 6.91. The molecule has 0 radical (unpaired) electrons. The fourth-order valence-corrected chi connectivity index (χ4v) is 1.64. The van der Waals surface area contributed by atoms with Crippen LogP contribution in [0.5, 0.6) is 5.88 Å². The molecule has 5 nitrogen and oxygen atoms in total. The molecule has 9 heteroatoms. The normalized spacial score (nSPS) is 12.3. The third-order valence-corrected chi connectivity index (χ3v) is 2.18. The molecule has 0 unspecified atom stereocenters. The van der Waals surface area contributed by atoms with E-state index in [9.17, 15) is 18.3 Å². The van der Waals surface area contributed by atoms with Crippen LogP contribution >= 0.6 is 15.9 Å². The van der Waals surface area contributed by atoms with Crippen LogP contribution in [0, 0.1) is 0 Å². The molecule has 1 N–H and O–H groups in total. The monoisotopic (exact) mass is 282 g/mol. The molecular weight excluding hydrogens is 281 g/mol. The number of nitrogens with zero attached hydrogens (tertiary/aromatic N) is 4. The Morgan fingerprint density at radius 1 is 1.40 bits per heavy atom. The van der Waals surface area contributed by atoms with Gasteiger partial charge in [0.25, 0.3) is 5.88 Å². The van der Waals surface area contributed by atoms with Crippen molar-refractivity contribution >= 4 is 21.6 Å². The molecule has 0 aliphatic heterocycles. The zero-order valence-corrected chi connectivity index (χ0v) is 8.41. The summed E-state index contributed by atoms with van der Waals surface area (Å²) in [6, 6.07) is 0. The van der Waals surface area contributed by atoms with Crippen LogP contribution in [0.4, 0.5) is 13.2 Å². The van der Waals surface area contributed by atoms with Crippen molar-refractivity contribution in [1.29, 1.82) is 0 Å². The first-order valence-electron chi connectivity index (χ1n) is 3.56. The van der Waals surface area contributed by atoms with E-state index in [0.717, 1.165) is 6.33 Å². The molecule has 0 aliphatic rings. The number of aromatic hydroxyl groups is 1. The second-order valence-corrected chi connectivity index (χ2v) is 3.32. The fraction of sp³-hybridized carbons (Fsp3) is 0.167. The molecule has 0 bridgehead atoms. The Morgan fingerprint density at radius 3 is 2.67 bits per heavy atom. The van der Waals surface area contributed by atoms with Gasteiger partial charge in [-0.3, -0.25) is 0 Å². The molecular formula is C6H2BrF3N4O. The maximum absolute atomic E-state index is 12.5. The topological polar surface area (TPSA) is 63.3 Å². The Kier molecular flexibility index (Phi) is 2.07. The largest absolute Gasteiger partial charge is 0.491 e. The fourth-order valence-electron chi connectivity index (χ4n) is 1.08. The molecule has 2 rings (SSSR count). The average Bonchev–Trinajstić information content (AvgIpc) is 2.49. The Balaban J connectivity index is 2.89. The van der Waals surface area contributed by atoms with Crippen LogP contribution < -0.4 is 0 Å². The highest BCUT2D eigenvalue weighted by Crippen LogP contribution is 2.35. The molecule has 0 atom stereocenters. The summed E-state index contributed by atoms with van der Waals surface area (Å²) in [4.78, 5) is 6.72.